The minimum Gasteiger partial charge on any atom is -0.299 e. The Balaban J connectivity index is 1.83. The number of ketones is 1. The van der Waals surface area contributed by atoms with Crippen molar-refractivity contribution in [3.63, 3.8) is 0 Å². The lowest BCUT2D eigenvalue weighted by Gasteiger charge is -2.15. The predicted octanol–water partition coefficient (Wildman–Crippen LogP) is 3.09. The number of hydrogen-bond acceptors (Lipinski definition) is 1. The van der Waals surface area contributed by atoms with Crippen LogP contribution in [0.2, 0.25) is 0 Å². The molecule has 17 heavy (non-hydrogen) atoms. The number of carbonyl (C=O) groups excluding carboxylic acids is 1. The van der Waals surface area contributed by atoms with Crippen molar-refractivity contribution in [1.29, 1.82) is 0 Å². The van der Waals surface area contributed by atoms with Crippen LogP contribution in [0.15, 0.2) is 48.6 Å². The minimum absolute atomic E-state index is 0.169. The van der Waals surface area contributed by atoms with Gasteiger partial charge in [-0.1, -0.05) is 48.6 Å². The van der Waals surface area contributed by atoms with E-state index in [-0.39, 0.29) is 5.92 Å². The topological polar surface area (TPSA) is 17.1 Å². The first-order valence-corrected chi connectivity index (χ1v) is 6.33. The Morgan fingerprint density at radius 1 is 1.06 bits per heavy atom. The zero-order valence-electron chi connectivity index (χ0n) is 9.54. The van der Waals surface area contributed by atoms with Gasteiger partial charge in [-0.2, -0.15) is 0 Å². The Hall–Kier alpha value is -1.63. The Bertz CT molecular complexity index is 538. The van der Waals surface area contributed by atoms with Crippen LogP contribution in [0.5, 0.6) is 0 Å². The molecular formula is C16H14O. The van der Waals surface area contributed by atoms with Gasteiger partial charge in [0.15, 0.2) is 0 Å². The second kappa shape index (κ2) is 3.19. The van der Waals surface area contributed by atoms with Gasteiger partial charge in [-0.3, -0.25) is 4.79 Å². The molecule has 4 atom stereocenters. The molecule has 1 heteroatoms. The number of rotatable bonds is 1. The van der Waals surface area contributed by atoms with E-state index in [9.17, 15) is 4.79 Å². The van der Waals surface area contributed by atoms with Gasteiger partial charge in [-0.05, 0) is 28.9 Å². The van der Waals surface area contributed by atoms with Gasteiger partial charge in [0.05, 0.1) is 0 Å². The second-order valence-electron chi connectivity index (χ2n) is 5.34. The van der Waals surface area contributed by atoms with E-state index in [1.807, 2.05) is 6.07 Å². The third-order valence-electron chi connectivity index (χ3n) is 4.50. The molecule has 1 aromatic carbocycles. The van der Waals surface area contributed by atoms with Gasteiger partial charge in [0.1, 0.15) is 5.78 Å². The molecule has 3 aliphatic rings. The van der Waals surface area contributed by atoms with E-state index in [2.05, 4.69) is 42.5 Å². The molecule has 0 unspecified atom stereocenters. The molecule has 3 aliphatic carbocycles. The third kappa shape index (κ3) is 1.17. The fraction of sp³-hybridized carbons (Fsp3) is 0.312. The van der Waals surface area contributed by atoms with E-state index in [0.29, 0.717) is 23.5 Å². The van der Waals surface area contributed by atoms with Crippen LogP contribution in [-0.2, 0) is 4.79 Å². The molecule has 0 spiro atoms. The highest BCUT2D eigenvalue weighted by molar-refractivity contribution is 5.98. The van der Waals surface area contributed by atoms with Crippen LogP contribution in [0.3, 0.4) is 0 Å². The summed E-state index contributed by atoms with van der Waals surface area (Å²) in [6.45, 7) is 0. The van der Waals surface area contributed by atoms with Gasteiger partial charge in [0.25, 0.3) is 0 Å². The van der Waals surface area contributed by atoms with Gasteiger partial charge in [0.2, 0.25) is 0 Å². The SMILES string of the molecule is O=C1C[C@@H]2C=C[C@@H]3C=C(c4ccccc4)[C@@H]1[C@@H]32. The molecule has 4 rings (SSSR count). The number of Topliss-reactive ketones (excluding diaryl/α,β-unsaturated/α-hetero) is 1. The van der Waals surface area contributed by atoms with Crippen molar-refractivity contribution in [2.24, 2.45) is 23.7 Å². The highest BCUT2D eigenvalue weighted by Gasteiger charge is 2.51. The summed E-state index contributed by atoms with van der Waals surface area (Å²) in [6, 6.07) is 10.4. The number of carbonyl (C=O) groups is 1. The maximum absolute atomic E-state index is 12.2. The largest absolute Gasteiger partial charge is 0.299 e. The van der Waals surface area contributed by atoms with Crippen molar-refractivity contribution in [3.05, 3.63) is 54.1 Å². The van der Waals surface area contributed by atoms with Crippen LogP contribution < -0.4 is 0 Å². The monoisotopic (exact) mass is 222 g/mol. The molecule has 1 saturated carbocycles. The van der Waals surface area contributed by atoms with Crippen LogP contribution in [0.1, 0.15) is 12.0 Å². The van der Waals surface area contributed by atoms with Gasteiger partial charge >= 0.3 is 0 Å². The summed E-state index contributed by atoms with van der Waals surface area (Å²) >= 11 is 0. The quantitative estimate of drug-likeness (QED) is 0.667. The highest BCUT2D eigenvalue weighted by atomic mass is 16.1. The first-order chi connectivity index (χ1) is 8.34. The smallest absolute Gasteiger partial charge is 0.141 e. The lowest BCUT2D eigenvalue weighted by molar-refractivity contribution is -0.119. The number of hydrogen-bond donors (Lipinski definition) is 0. The van der Waals surface area contributed by atoms with Crippen LogP contribution in [0.4, 0.5) is 0 Å². The summed E-state index contributed by atoms with van der Waals surface area (Å²) in [7, 11) is 0. The fourth-order valence-electron chi connectivity index (χ4n) is 3.83. The molecule has 0 aliphatic heterocycles. The predicted molar refractivity (Wildman–Crippen MR) is 67.1 cm³/mol. The average Bonchev–Trinajstić information content (AvgIpc) is 2.98. The maximum Gasteiger partial charge on any atom is 0.141 e. The highest BCUT2D eigenvalue weighted by Crippen LogP contribution is 2.55. The van der Waals surface area contributed by atoms with Gasteiger partial charge in [-0.25, -0.2) is 0 Å². The van der Waals surface area contributed by atoms with E-state index in [4.69, 9.17) is 0 Å². The van der Waals surface area contributed by atoms with E-state index in [0.717, 1.165) is 6.42 Å². The van der Waals surface area contributed by atoms with Crippen LogP contribution in [0.25, 0.3) is 5.57 Å². The van der Waals surface area contributed by atoms with Crippen molar-refractivity contribution < 1.29 is 4.79 Å². The summed E-state index contributed by atoms with van der Waals surface area (Å²) in [4.78, 5) is 12.2. The lowest BCUT2D eigenvalue weighted by atomic mass is 9.86. The maximum atomic E-state index is 12.2. The molecule has 0 heterocycles. The van der Waals surface area contributed by atoms with Crippen molar-refractivity contribution in [3.8, 4) is 0 Å². The standard InChI is InChI=1S/C16H14O/c17-14-9-12-7-6-11-8-13(16(14)15(11)12)10-4-2-1-3-5-10/h1-8,11-12,15-16H,9H2/t11-,12+,15+,16+/m1/s1. The van der Waals surface area contributed by atoms with Crippen molar-refractivity contribution in [2.45, 2.75) is 6.42 Å². The molecule has 0 saturated heterocycles. The fourth-order valence-corrected chi connectivity index (χ4v) is 3.83. The molecule has 0 N–H and O–H groups in total. The Morgan fingerprint density at radius 2 is 1.88 bits per heavy atom. The minimum atomic E-state index is 0.169. The molecule has 0 radical (unpaired) electrons. The molecule has 1 nitrogen and oxygen atoms in total. The Kier molecular flexibility index (Phi) is 1.77. The van der Waals surface area contributed by atoms with Crippen molar-refractivity contribution in [1.82, 2.24) is 0 Å². The van der Waals surface area contributed by atoms with Gasteiger partial charge in [-0.15, -0.1) is 0 Å². The summed E-state index contributed by atoms with van der Waals surface area (Å²) in [6.07, 6.45) is 7.63. The van der Waals surface area contributed by atoms with Crippen LogP contribution in [-0.4, -0.2) is 5.78 Å². The molecule has 0 aromatic heterocycles. The molecule has 84 valence electrons. The van der Waals surface area contributed by atoms with Crippen LogP contribution >= 0.6 is 0 Å². The Morgan fingerprint density at radius 3 is 2.71 bits per heavy atom. The van der Waals surface area contributed by atoms with Crippen molar-refractivity contribution in [2.75, 3.05) is 0 Å². The van der Waals surface area contributed by atoms with E-state index in [1.54, 1.807) is 0 Å². The molecule has 1 fully saturated rings. The lowest BCUT2D eigenvalue weighted by Crippen LogP contribution is -2.15. The Labute approximate surface area is 101 Å². The zero-order chi connectivity index (χ0) is 11.4. The number of allylic oxidation sites excluding steroid dienone is 4. The molecule has 0 bridgehead atoms. The van der Waals surface area contributed by atoms with Crippen LogP contribution in [0, 0.1) is 23.7 Å². The summed E-state index contributed by atoms with van der Waals surface area (Å²) in [5, 5.41) is 0. The van der Waals surface area contributed by atoms with Crippen molar-refractivity contribution >= 4 is 11.4 Å². The van der Waals surface area contributed by atoms with Gasteiger partial charge in [0, 0.05) is 12.3 Å². The first kappa shape index (κ1) is 9.41. The van der Waals surface area contributed by atoms with E-state index in [1.165, 1.54) is 11.1 Å². The summed E-state index contributed by atoms with van der Waals surface area (Å²) in [5.74, 6) is 2.17. The number of benzene rings is 1. The summed E-state index contributed by atoms with van der Waals surface area (Å²) < 4.78 is 0. The normalized spacial score (nSPS) is 37.4. The first-order valence-electron chi connectivity index (χ1n) is 6.33. The van der Waals surface area contributed by atoms with Gasteiger partial charge < -0.3 is 0 Å². The van der Waals surface area contributed by atoms with E-state index >= 15 is 0 Å². The molecule has 1 aromatic rings. The second-order valence-corrected chi connectivity index (χ2v) is 5.34. The summed E-state index contributed by atoms with van der Waals surface area (Å²) in [5.41, 5.74) is 2.51. The molecule has 0 amide bonds. The zero-order valence-corrected chi connectivity index (χ0v) is 9.54. The molecular weight excluding hydrogens is 208 g/mol. The van der Waals surface area contributed by atoms with E-state index < -0.39 is 0 Å². The third-order valence-corrected chi connectivity index (χ3v) is 4.50. The average molecular weight is 222 g/mol.